The Morgan fingerprint density at radius 3 is 2.55 bits per heavy atom. The maximum absolute atomic E-state index is 13.0. The van der Waals surface area contributed by atoms with Gasteiger partial charge in [-0.3, -0.25) is 14.8 Å². The summed E-state index contributed by atoms with van der Waals surface area (Å²) in [5.74, 6) is 0.993. The van der Waals surface area contributed by atoms with Gasteiger partial charge in [-0.25, -0.2) is 8.42 Å². The van der Waals surface area contributed by atoms with Crippen molar-refractivity contribution in [1.82, 2.24) is 10.2 Å². The van der Waals surface area contributed by atoms with E-state index in [9.17, 15) is 13.2 Å². The summed E-state index contributed by atoms with van der Waals surface area (Å²) in [5.41, 5.74) is 2.07. The van der Waals surface area contributed by atoms with Gasteiger partial charge in [0.05, 0.1) is 10.6 Å². The van der Waals surface area contributed by atoms with E-state index in [0.29, 0.717) is 22.3 Å². The molecule has 3 aromatic rings. The van der Waals surface area contributed by atoms with Crippen LogP contribution in [0.3, 0.4) is 0 Å². The fourth-order valence-corrected chi connectivity index (χ4v) is 5.77. The van der Waals surface area contributed by atoms with E-state index in [-0.39, 0.29) is 10.5 Å². The largest absolute Gasteiger partial charge is 0.296 e. The Labute approximate surface area is 190 Å². The van der Waals surface area contributed by atoms with Gasteiger partial charge in [0.2, 0.25) is 5.13 Å². The average molecular weight is 477 g/mol. The summed E-state index contributed by atoms with van der Waals surface area (Å²) in [6.07, 6.45) is 0. The molecule has 3 rings (SSSR count). The van der Waals surface area contributed by atoms with Crippen LogP contribution in [0.4, 0.5) is 10.8 Å². The molecule has 0 aliphatic heterocycles. The number of nitrogens with zero attached hydrogens (tertiary/aromatic N) is 2. The van der Waals surface area contributed by atoms with Crippen molar-refractivity contribution < 1.29 is 13.2 Å². The Morgan fingerprint density at radius 2 is 1.84 bits per heavy atom. The lowest BCUT2D eigenvalue weighted by atomic mass is 10.1. The van der Waals surface area contributed by atoms with Gasteiger partial charge in [0.15, 0.2) is 4.34 Å². The standard InChI is InChI=1S/C21H24N4O3S3/c1-13(2)12-29-21-24-23-20(30-21)22-19(26)16-10-9-15(4)18(11-16)31(27,28)25-17-8-6-5-7-14(17)3/h5-11,13,25H,12H2,1-4H3,(H,22,23,26). The van der Waals surface area contributed by atoms with Crippen molar-refractivity contribution in [3.8, 4) is 0 Å². The summed E-state index contributed by atoms with van der Waals surface area (Å²) >= 11 is 2.88. The summed E-state index contributed by atoms with van der Waals surface area (Å²) in [5, 5.41) is 11.1. The Hall–Kier alpha value is -2.43. The Kier molecular flexibility index (Phi) is 7.34. The number of hydrogen-bond acceptors (Lipinski definition) is 7. The van der Waals surface area contributed by atoms with Crippen molar-refractivity contribution in [2.75, 3.05) is 15.8 Å². The number of para-hydroxylation sites is 1. The second-order valence-corrected chi connectivity index (χ2v) is 11.3. The first-order valence-corrected chi connectivity index (χ1v) is 12.9. The number of aromatic nitrogens is 2. The Balaban J connectivity index is 1.78. The van der Waals surface area contributed by atoms with Crippen molar-refractivity contribution in [3.05, 3.63) is 59.2 Å². The number of benzene rings is 2. The average Bonchev–Trinajstić information content (AvgIpc) is 3.15. The van der Waals surface area contributed by atoms with E-state index in [0.717, 1.165) is 15.7 Å². The molecule has 0 spiro atoms. The van der Waals surface area contributed by atoms with Crippen molar-refractivity contribution >= 4 is 49.8 Å². The summed E-state index contributed by atoms with van der Waals surface area (Å²) in [4.78, 5) is 12.7. The monoisotopic (exact) mass is 476 g/mol. The lowest BCUT2D eigenvalue weighted by molar-refractivity contribution is 0.102. The van der Waals surface area contributed by atoms with Crippen LogP contribution in [0.2, 0.25) is 0 Å². The molecule has 31 heavy (non-hydrogen) atoms. The molecule has 10 heteroatoms. The van der Waals surface area contributed by atoms with Gasteiger partial charge >= 0.3 is 0 Å². The predicted octanol–water partition coefficient (Wildman–Crippen LogP) is 4.96. The van der Waals surface area contributed by atoms with Crippen molar-refractivity contribution in [1.29, 1.82) is 0 Å². The van der Waals surface area contributed by atoms with Gasteiger partial charge < -0.3 is 0 Å². The minimum absolute atomic E-state index is 0.0499. The van der Waals surface area contributed by atoms with Gasteiger partial charge in [0.25, 0.3) is 15.9 Å². The first-order valence-electron chi connectivity index (χ1n) is 9.62. The fourth-order valence-electron chi connectivity index (χ4n) is 2.64. The molecular weight excluding hydrogens is 452 g/mol. The molecule has 2 aromatic carbocycles. The smallest absolute Gasteiger partial charge is 0.262 e. The molecule has 2 N–H and O–H groups in total. The van der Waals surface area contributed by atoms with Gasteiger partial charge in [-0.1, -0.05) is 61.2 Å². The third kappa shape index (κ3) is 6.05. The van der Waals surface area contributed by atoms with Crippen molar-refractivity contribution in [2.24, 2.45) is 5.92 Å². The Bertz CT molecular complexity index is 1190. The van der Waals surface area contributed by atoms with E-state index in [1.165, 1.54) is 17.4 Å². The second kappa shape index (κ2) is 9.80. The third-order valence-corrected chi connectivity index (χ3v) is 8.20. The minimum atomic E-state index is -3.87. The molecule has 0 saturated carbocycles. The molecule has 0 aliphatic carbocycles. The number of hydrogen-bond donors (Lipinski definition) is 2. The summed E-state index contributed by atoms with van der Waals surface area (Å²) in [7, 11) is -3.87. The number of anilines is 2. The highest BCUT2D eigenvalue weighted by atomic mass is 32.2. The molecule has 0 radical (unpaired) electrons. The maximum Gasteiger partial charge on any atom is 0.262 e. The van der Waals surface area contributed by atoms with Crippen molar-refractivity contribution in [2.45, 2.75) is 36.9 Å². The van der Waals surface area contributed by atoms with Crippen LogP contribution >= 0.6 is 23.1 Å². The zero-order valence-electron chi connectivity index (χ0n) is 17.7. The quantitative estimate of drug-likeness (QED) is 0.352. The van der Waals surface area contributed by atoms with E-state index in [1.54, 1.807) is 43.0 Å². The highest BCUT2D eigenvalue weighted by Gasteiger charge is 2.20. The van der Waals surface area contributed by atoms with Gasteiger partial charge in [0, 0.05) is 11.3 Å². The molecule has 0 atom stereocenters. The minimum Gasteiger partial charge on any atom is -0.296 e. The third-order valence-electron chi connectivity index (χ3n) is 4.30. The molecule has 0 bridgehead atoms. The zero-order chi connectivity index (χ0) is 22.6. The van der Waals surface area contributed by atoms with E-state index < -0.39 is 15.9 Å². The number of carbonyl (C=O) groups is 1. The van der Waals surface area contributed by atoms with Crippen LogP contribution in [-0.2, 0) is 10.0 Å². The number of sulfonamides is 1. The fraction of sp³-hybridized carbons (Fsp3) is 0.286. The molecule has 0 fully saturated rings. The van der Waals surface area contributed by atoms with Crippen LogP contribution in [0.5, 0.6) is 0 Å². The van der Waals surface area contributed by atoms with Gasteiger partial charge in [0.1, 0.15) is 0 Å². The van der Waals surface area contributed by atoms with Gasteiger partial charge in [-0.2, -0.15) is 0 Å². The van der Waals surface area contributed by atoms with Gasteiger partial charge in [-0.15, -0.1) is 10.2 Å². The lowest BCUT2D eigenvalue weighted by Gasteiger charge is -2.13. The van der Waals surface area contributed by atoms with E-state index >= 15 is 0 Å². The number of rotatable bonds is 8. The highest BCUT2D eigenvalue weighted by Crippen LogP contribution is 2.28. The first-order chi connectivity index (χ1) is 14.7. The van der Waals surface area contributed by atoms with Crippen LogP contribution in [0.1, 0.15) is 35.3 Å². The van der Waals surface area contributed by atoms with Crippen LogP contribution in [0.15, 0.2) is 51.7 Å². The van der Waals surface area contributed by atoms with Crippen LogP contribution in [-0.4, -0.2) is 30.3 Å². The molecule has 0 saturated heterocycles. The Morgan fingerprint density at radius 1 is 1.10 bits per heavy atom. The van der Waals surface area contributed by atoms with E-state index in [4.69, 9.17) is 0 Å². The van der Waals surface area contributed by atoms with Gasteiger partial charge in [-0.05, 0) is 49.1 Å². The number of thioether (sulfide) groups is 1. The summed E-state index contributed by atoms with van der Waals surface area (Å²) in [6.45, 7) is 7.75. The van der Waals surface area contributed by atoms with E-state index in [1.807, 2.05) is 19.1 Å². The second-order valence-electron chi connectivity index (χ2n) is 7.43. The molecule has 0 unspecified atom stereocenters. The lowest BCUT2D eigenvalue weighted by Crippen LogP contribution is -2.17. The molecular formula is C21H24N4O3S3. The molecule has 164 valence electrons. The molecule has 1 heterocycles. The molecule has 1 aromatic heterocycles. The van der Waals surface area contributed by atoms with Crippen molar-refractivity contribution in [3.63, 3.8) is 0 Å². The summed E-state index contributed by atoms with van der Waals surface area (Å²) < 4.78 is 29.3. The normalized spacial score (nSPS) is 11.5. The van der Waals surface area contributed by atoms with E-state index in [2.05, 4.69) is 34.1 Å². The molecule has 1 amide bonds. The SMILES string of the molecule is Cc1ccccc1NS(=O)(=O)c1cc(C(=O)Nc2nnc(SCC(C)C)s2)ccc1C. The van der Waals surface area contributed by atoms with Crippen LogP contribution < -0.4 is 10.0 Å². The highest BCUT2D eigenvalue weighted by molar-refractivity contribution is 8.01. The number of carbonyl (C=O) groups excluding carboxylic acids is 1. The molecule has 7 nitrogen and oxygen atoms in total. The zero-order valence-corrected chi connectivity index (χ0v) is 20.1. The molecule has 0 aliphatic rings. The number of nitrogens with one attached hydrogen (secondary N) is 2. The van der Waals surface area contributed by atoms with Crippen LogP contribution in [0, 0.1) is 19.8 Å². The maximum atomic E-state index is 13.0. The summed E-state index contributed by atoms with van der Waals surface area (Å²) in [6, 6.07) is 11.7. The first kappa shape index (κ1) is 23.2. The number of amides is 1. The number of aryl methyl sites for hydroxylation is 2. The van der Waals surface area contributed by atoms with Crippen LogP contribution in [0.25, 0.3) is 0 Å². The predicted molar refractivity (Wildman–Crippen MR) is 127 cm³/mol. The topological polar surface area (TPSA) is 101 Å².